The number of aromatic nitrogens is 2. The Bertz CT molecular complexity index is 763. The van der Waals surface area contributed by atoms with E-state index in [1.54, 1.807) is 6.20 Å². The molecule has 7 heteroatoms. The van der Waals surface area contributed by atoms with Gasteiger partial charge in [-0.15, -0.1) is 0 Å². The van der Waals surface area contributed by atoms with Crippen molar-refractivity contribution in [1.29, 1.82) is 0 Å². The third kappa shape index (κ3) is 2.70. The molecule has 2 aliphatic rings. The van der Waals surface area contributed by atoms with Crippen molar-refractivity contribution in [2.75, 3.05) is 26.2 Å². The highest BCUT2D eigenvalue weighted by molar-refractivity contribution is 5.94. The molecule has 0 unspecified atom stereocenters. The summed E-state index contributed by atoms with van der Waals surface area (Å²) in [6.07, 6.45) is 8.07. The van der Waals surface area contributed by atoms with E-state index in [1.165, 1.54) is 0 Å². The predicted octanol–water partition coefficient (Wildman–Crippen LogP) is 1.35. The topological polar surface area (TPSA) is 70.0 Å². The largest absolute Gasteiger partial charge is 0.338 e. The zero-order valence-corrected chi connectivity index (χ0v) is 13.5. The van der Waals surface area contributed by atoms with Gasteiger partial charge in [0.15, 0.2) is 0 Å². The second-order valence-electron chi connectivity index (χ2n) is 6.41. The molecule has 0 bridgehead atoms. The van der Waals surface area contributed by atoms with Crippen molar-refractivity contribution in [3.05, 3.63) is 36.3 Å². The molecular formula is C17H21N5O2. The maximum Gasteiger partial charge on any atom is 0.317 e. The van der Waals surface area contributed by atoms with Gasteiger partial charge < -0.3 is 19.5 Å². The lowest BCUT2D eigenvalue weighted by molar-refractivity contribution is 0.0642. The molecule has 4 rings (SSSR count). The van der Waals surface area contributed by atoms with Gasteiger partial charge >= 0.3 is 6.03 Å². The molecule has 0 atom stereocenters. The number of rotatable bonds is 2. The molecular weight excluding hydrogens is 306 g/mol. The number of carbonyl (C=O) groups excluding carboxylic acids is 2. The molecule has 4 heterocycles. The predicted molar refractivity (Wildman–Crippen MR) is 88.8 cm³/mol. The number of likely N-dealkylation sites (tertiary alicyclic amines) is 1. The van der Waals surface area contributed by atoms with E-state index in [9.17, 15) is 9.59 Å². The van der Waals surface area contributed by atoms with E-state index in [4.69, 9.17) is 0 Å². The van der Waals surface area contributed by atoms with E-state index in [0.29, 0.717) is 18.7 Å². The molecule has 2 fully saturated rings. The highest BCUT2D eigenvalue weighted by Gasteiger charge is 2.31. The maximum absolute atomic E-state index is 12.7. The van der Waals surface area contributed by atoms with Crippen LogP contribution in [0.3, 0.4) is 0 Å². The first kappa shape index (κ1) is 15.0. The van der Waals surface area contributed by atoms with Crippen molar-refractivity contribution >= 4 is 17.6 Å². The molecule has 0 aromatic carbocycles. The number of urea groups is 1. The average Bonchev–Trinajstić information content (AvgIpc) is 3.09. The minimum Gasteiger partial charge on any atom is -0.338 e. The van der Waals surface area contributed by atoms with E-state index in [0.717, 1.165) is 38.0 Å². The summed E-state index contributed by atoms with van der Waals surface area (Å²) in [5.74, 6) is 0.0483. The van der Waals surface area contributed by atoms with Gasteiger partial charge in [0.1, 0.15) is 5.65 Å². The number of fused-ring (bicyclic) bond motifs is 1. The lowest BCUT2D eigenvalue weighted by Gasteiger charge is -2.40. The SMILES string of the molecule is O=C(c1ccc2nccn2c1)N1CCC(N2CCCNC2=O)CC1. The summed E-state index contributed by atoms with van der Waals surface area (Å²) in [4.78, 5) is 32.7. The number of nitrogens with one attached hydrogen (secondary N) is 1. The summed E-state index contributed by atoms with van der Waals surface area (Å²) in [6, 6.07) is 3.97. The zero-order chi connectivity index (χ0) is 16.5. The Labute approximate surface area is 140 Å². The van der Waals surface area contributed by atoms with Crippen LogP contribution in [-0.2, 0) is 0 Å². The van der Waals surface area contributed by atoms with Crippen LogP contribution in [0.5, 0.6) is 0 Å². The first-order valence-corrected chi connectivity index (χ1v) is 8.49. The lowest BCUT2D eigenvalue weighted by atomic mass is 10.0. The number of pyridine rings is 1. The molecule has 24 heavy (non-hydrogen) atoms. The molecule has 3 amide bonds. The van der Waals surface area contributed by atoms with E-state index < -0.39 is 0 Å². The Hall–Kier alpha value is -2.57. The molecule has 0 aliphatic carbocycles. The first-order valence-electron chi connectivity index (χ1n) is 8.49. The number of piperidine rings is 1. The van der Waals surface area contributed by atoms with Crippen molar-refractivity contribution < 1.29 is 9.59 Å². The molecule has 2 aliphatic heterocycles. The quantitative estimate of drug-likeness (QED) is 0.905. The third-order valence-corrected chi connectivity index (χ3v) is 4.94. The van der Waals surface area contributed by atoms with E-state index >= 15 is 0 Å². The highest BCUT2D eigenvalue weighted by atomic mass is 16.2. The Morgan fingerprint density at radius 2 is 2.04 bits per heavy atom. The van der Waals surface area contributed by atoms with Gasteiger partial charge in [-0.1, -0.05) is 0 Å². The summed E-state index contributed by atoms with van der Waals surface area (Å²) in [7, 11) is 0. The summed E-state index contributed by atoms with van der Waals surface area (Å²) >= 11 is 0. The van der Waals surface area contributed by atoms with Gasteiger partial charge in [-0.05, 0) is 31.4 Å². The fraction of sp³-hybridized carbons (Fsp3) is 0.471. The van der Waals surface area contributed by atoms with Gasteiger partial charge in [0.2, 0.25) is 0 Å². The summed E-state index contributed by atoms with van der Waals surface area (Å²) in [6.45, 7) is 2.97. The smallest absolute Gasteiger partial charge is 0.317 e. The van der Waals surface area contributed by atoms with Crippen LogP contribution in [0.1, 0.15) is 29.6 Å². The summed E-state index contributed by atoms with van der Waals surface area (Å²) in [5.41, 5.74) is 1.51. The normalized spacial score (nSPS) is 19.6. The van der Waals surface area contributed by atoms with Crippen LogP contribution in [0.4, 0.5) is 4.79 Å². The van der Waals surface area contributed by atoms with Crippen LogP contribution in [0.2, 0.25) is 0 Å². The summed E-state index contributed by atoms with van der Waals surface area (Å²) in [5, 5.41) is 2.90. The van der Waals surface area contributed by atoms with Crippen molar-refractivity contribution in [3.63, 3.8) is 0 Å². The molecule has 1 N–H and O–H groups in total. The number of amides is 3. The fourth-order valence-electron chi connectivity index (χ4n) is 3.61. The minimum absolute atomic E-state index is 0.0385. The summed E-state index contributed by atoms with van der Waals surface area (Å²) < 4.78 is 1.86. The molecule has 7 nitrogen and oxygen atoms in total. The molecule has 0 saturated carbocycles. The Morgan fingerprint density at radius 3 is 2.83 bits per heavy atom. The second kappa shape index (κ2) is 6.14. The standard InChI is InChI=1S/C17H21N5O2/c23-16(13-2-3-15-18-7-11-21(15)12-13)20-9-4-14(5-10-20)22-8-1-6-19-17(22)24/h2-3,7,11-12,14H,1,4-6,8-10H2,(H,19,24). The molecule has 126 valence electrons. The van der Waals surface area contributed by atoms with Gasteiger partial charge in [-0.25, -0.2) is 9.78 Å². The average molecular weight is 327 g/mol. The number of nitrogens with zero attached hydrogens (tertiary/aromatic N) is 4. The van der Waals surface area contributed by atoms with Crippen LogP contribution in [0.15, 0.2) is 30.7 Å². The Morgan fingerprint density at radius 1 is 1.21 bits per heavy atom. The number of imidazole rings is 1. The van der Waals surface area contributed by atoms with E-state index in [2.05, 4.69) is 10.3 Å². The van der Waals surface area contributed by atoms with Gasteiger partial charge in [0, 0.05) is 50.8 Å². The molecule has 2 saturated heterocycles. The van der Waals surface area contributed by atoms with E-state index in [-0.39, 0.29) is 18.0 Å². The van der Waals surface area contributed by atoms with Crippen molar-refractivity contribution in [3.8, 4) is 0 Å². The van der Waals surface area contributed by atoms with Gasteiger partial charge in [-0.3, -0.25) is 4.79 Å². The van der Waals surface area contributed by atoms with Gasteiger partial charge in [0.25, 0.3) is 5.91 Å². The molecule has 0 spiro atoms. The van der Waals surface area contributed by atoms with Gasteiger partial charge in [0.05, 0.1) is 5.56 Å². The van der Waals surface area contributed by atoms with Crippen LogP contribution in [0, 0.1) is 0 Å². The molecule has 2 aromatic heterocycles. The van der Waals surface area contributed by atoms with Crippen LogP contribution in [0.25, 0.3) is 5.65 Å². The Balaban J connectivity index is 1.41. The van der Waals surface area contributed by atoms with Crippen LogP contribution >= 0.6 is 0 Å². The number of hydrogen-bond acceptors (Lipinski definition) is 3. The first-order chi connectivity index (χ1) is 11.7. The zero-order valence-electron chi connectivity index (χ0n) is 13.5. The van der Waals surface area contributed by atoms with Crippen LogP contribution < -0.4 is 5.32 Å². The third-order valence-electron chi connectivity index (χ3n) is 4.94. The molecule has 2 aromatic rings. The lowest BCUT2D eigenvalue weighted by Crippen LogP contribution is -2.54. The van der Waals surface area contributed by atoms with Gasteiger partial charge in [-0.2, -0.15) is 0 Å². The number of carbonyl (C=O) groups is 2. The highest BCUT2D eigenvalue weighted by Crippen LogP contribution is 2.20. The maximum atomic E-state index is 12.7. The second-order valence-corrected chi connectivity index (χ2v) is 6.41. The van der Waals surface area contributed by atoms with Crippen molar-refractivity contribution in [2.45, 2.75) is 25.3 Å². The van der Waals surface area contributed by atoms with Crippen molar-refractivity contribution in [2.24, 2.45) is 0 Å². The Kier molecular flexibility index (Phi) is 3.84. The van der Waals surface area contributed by atoms with E-state index in [1.807, 2.05) is 38.7 Å². The van der Waals surface area contributed by atoms with Crippen molar-refractivity contribution in [1.82, 2.24) is 24.5 Å². The fourth-order valence-corrected chi connectivity index (χ4v) is 3.61. The number of hydrogen-bond donors (Lipinski definition) is 1. The molecule has 0 radical (unpaired) electrons. The minimum atomic E-state index is 0.0385. The van der Waals surface area contributed by atoms with Crippen LogP contribution in [-0.4, -0.2) is 63.3 Å². The monoisotopic (exact) mass is 327 g/mol.